The monoisotopic (exact) mass is 676 g/mol. The van der Waals surface area contributed by atoms with Gasteiger partial charge >= 0.3 is 12.1 Å². The Morgan fingerprint density at radius 1 is 0.940 bits per heavy atom. The molecule has 6 rings (SSSR count). The molecule has 0 aliphatic carbocycles. The number of carbonyl (C=O) groups is 2. The van der Waals surface area contributed by atoms with Crippen LogP contribution in [0.1, 0.15) is 31.0 Å². The Balaban J connectivity index is 1.13. The Labute approximate surface area is 292 Å². The Hall–Kier alpha value is -5.46. The molecule has 50 heavy (non-hydrogen) atoms. The molecule has 3 N–H and O–H groups in total. The van der Waals surface area contributed by atoms with Crippen LogP contribution in [0.25, 0.3) is 16.5 Å². The van der Waals surface area contributed by atoms with Crippen LogP contribution in [0.3, 0.4) is 0 Å². The van der Waals surface area contributed by atoms with Crippen molar-refractivity contribution in [2.45, 2.75) is 33.1 Å². The first-order chi connectivity index (χ1) is 24.4. The lowest BCUT2D eigenvalue weighted by atomic mass is 10.1. The molecule has 0 bridgehead atoms. The second kappa shape index (κ2) is 16.3. The van der Waals surface area contributed by atoms with E-state index in [1.54, 1.807) is 35.0 Å². The molecule has 3 heterocycles. The third kappa shape index (κ3) is 8.76. The highest BCUT2D eigenvalue weighted by Gasteiger charge is 2.17. The topological polar surface area (TPSA) is 126 Å². The molecule has 5 aromatic rings. The second-order valence-corrected chi connectivity index (χ2v) is 12.4. The van der Waals surface area contributed by atoms with Crippen molar-refractivity contribution in [1.29, 1.82) is 0 Å². The molecule has 12 heteroatoms. The van der Waals surface area contributed by atoms with Gasteiger partial charge in [0.15, 0.2) is 0 Å². The van der Waals surface area contributed by atoms with Crippen LogP contribution >= 0.6 is 0 Å². The number of morpholine rings is 1. The van der Waals surface area contributed by atoms with Gasteiger partial charge in [0.2, 0.25) is 0 Å². The first-order valence-corrected chi connectivity index (χ1v) is 17.1. The van der Waals surface area contributed by atoms with Crippen molar-refractivity contribution in [3.63, 3.8) is 0 Å². The van der Waals surface area contributed by atoms with Gasteiger partial charge in [0.25, 0.3) is 0 Å². The summed E-state index contributed by atoms with van der Waals surface area (Å²) in [7, 11) is 1.77. The first-order valence-electron chi connectivity index (χ1n) is 17.1. The number of nitrogens with zero attached hydrogens (tertiary/aromatic N) is 5. The average molecular weight is 677 g/mol. The van der Waals surface area contributed by atoms with Crippen molar-refractivity contribution in [3.05, 3.63) is 96.3 Å². The first kappa shape index (κ1) is 34.4. The number of nitrogens with one attached hydrogen (secondary N) is 3. The predicted octanol–water partition coefficient (Wildman–Crippen LogP) is 7.30. The molecule has 0 radical (unpaired) electrons. The average Bonchev–Trinajstić information content (AvgIpc) is 3.53. The molecule has 4 amide bonds. The fourth-order valence-electron chi connectivity index (χ4n) is 5.71. The molecule has 260 valence electrons. The van der Waals surface area contributed by atoms with E-state index in [2.05, 4.69) is 32.8 Å². The molecule has 1 aliphatic rings. The molecule has 1 saturated heterocycles. The van der Waals surface area contributed by atoms with E-state index in [9.17, 15) is 9.59 Å². The predicted molar refractivity (Wildman–Crippen MR) is 197 cm³/mol. The van der Waals surface area contributed by atoms with Crippen LogP contribution in [0.2, 0.25) is 0 Å². The van der Waals surface area contributed by atoms with Crippen molar-refractivity contribution >= 4 is 40.2 Å². The number of ether oxygens (including phenoxy) is 2. The molecule has 0 atom stereocenters. The van der Waals surface area contributed by atoms with E-state index in [4.69, 9.17) is 14.6 Å². The lowest BCUT2D eigenvalue weighted by Crippen LogP contribution is -2.42. The number of likely N-dealkylation sites (N-methyl/N-ethyl adjacent to an activating group) is 1. The normalized spacial score (nSPS) is 13.2. The molecular formula is C38H44N8O4. The zero-order valence-corrected chi connectivity index (χ0v) is 28.8. The summed E-state index contributed by atoms with van der Waals surface area (Å²) >= 11 is 0. The number of amides is 4. The van der Waals surface area contributed by atoms with Gasteiger partial charge in [-0.05, 0) is 50.1 Å². The molecule has 1 aliphatic heterocycles. The number of fused-ring (bicyclic) bond motifs is 1. The minimum Gasteiger partial charge on any atom is -0.457 e. The summed E-state index contributed by atoms with van der Waals surface area (Å²) in [6, 6.07) is 24.1. The lowest BCUT2D eigenvalue weighted by molar-refractivity contribution is 0.0359. The molecule has 1 fully saturated rings. The van der Waals surface area contributed by atoms with Crippen molar-refractivity contribution < 1.29 is 19.1 Å². The number of hydrogen-bond acceptors (Lipinski definition) is 7. The van der Waals surface area contributed by atoms with Gasteiger partial charge < -0.3 is 19.7 Å². The fraction of sp³-hybridized carbons (Fsp3) is 0.316. The van der Waals surface area contributed by atoms with Gasteiger partial charge in [-0.15, -0.1) is 0 Å². The highest BCUT2D eigenvalue weighted by molar-refractivity contribution is 6.07. The zero-order valence-electron chi connectivity index (χ0n) is 28.8. The molecule has 3 aromatic carbocycles. The third-order valence-corrected chi connectivity index (χ3v) is 8.60. The number of rotatable bonds is 12. The number of urea groups is 2. The molecule has 0 saturated carbocycles. The molecule has 0 unspecified atom stereocenters. The Bertz CT molecular complexity index is 1920. The van der Waals surface area contributed by atoms with E-state index >= 15 is 0 Å². The van der Waals surface area contributed by atoms with Gasteiger partial charge in [-0.3, -0.25) is 15.5 Å². The summed E-state index contributed by atoms with van der Waals surface area (Å²) in [5.74, 6) is 2.08. The number of aromatic nitrogens is 3. The molecule has 0 spiro atoms. The highest BCUT2D eigenvalue weighted by atomic mass is 16.5. The van der Waals surface area contributed by atoms with E-state index in [1.807, 2.05) is 73.7 Å². The maximum Gasteiger partial charge on any atom is 0.324 e. The minimum absolute atomic E-state index is 0.249. The van der Waals surface area contributed by atoms with Crippen LogP contribution in [-0.4, -0.2) is 83.1 Å². The van der Waals surface area contributed by atoms with E-state index in [0.717, 1.165) is 79.8 Å². The van der Waals surface area contributed by atoms with E-state index in [0.29, 0.717) is 35.4 Å². The number of benzene rings is 3. The number of carbonyl (C=O) groups excluding carboxylic acids is 2. The summed E-state index contributed by atoms with van der Waals surface area (Å²) in [6.45, 7) is 8.73. The van der Waals surface area contributed by atoms with E-state index in [-0.39, 0.29) is 12.1 Å². The zero-order chi connectivity index (χ0) is 34.9. The number of pyridine rings is 1. The van der Waals surface area contributed by atoms with Crippen LogP contribution < -0.4 is 20.7 Å². The Kier molecular flexibility index (Phi) is 11.2. The molecule has 2 aromatic heterocycles. The van der Waals surface area contributed by atoms with Crippen LogP contribution in [-0.2, 0) is 11.2 Å². The number of aryl methyl sites for hydroxylation is 2. The summed E-state index contributed by atoms with van der Waals surface area (Å²) in [5.41, 5.74) is 3.56. The SMILES string of the molecule is CCCCc1cc(NC(=O)Nc2ccc(Oc3ccnc(NC(=O)N(C)CCN4CCOCC4)c3)c3ccccc23)n(-c2ccc(C)cc2)n1. The van der Waals surface area contributed by atoms with Crippen molar-refractivity contribution in [2.75, 3.05) is 62.4 Å². The minimum atomic E-state index is -0.386. The standard InChI is InChI=1S/C38H44N8O4/c1-4-5-8-28-25-36(46(43-28)29-13-11-27(2)12-14-29)42-37(47)40-33-15-16-34(32-10-7-6-9-31(32)33)50-30-17-18-39-35(26-30)41-38(48)44(3)19-20-45-21-23-49-24-22-45/h6-7,9-18,25-26H,4-5,8,19-24H2,1-3H3,(H,39,41,48)(H2,40,42,47). The Morgan fingerprint density at radius 2 is 1.72 bits per heavy atom. The van der Waals surface area contributed by atoms with Crippen LogP contribution in [0.4, 0.5) is 26.9 Å². The van der Waals surface area contributed by atoms with Crippen LogP contribution in [0.15, 0.2) is 85.1 Å². The van der Waals surface area contributed by atoms with Crippen molar-refractivity contribution in [2.24, 2.45) is 0 Å². The van der Waals surface area contributed by atoms with Crippen LogP contribution in [0, 0.1) is 6.92 Å². The summed E-state index contributed by atoms with van der Waals surface area (Å²) in [5, 5.41) is 15.3. The summed E-state index contributed by atoms with van der Waals surface area (Å²) in [4.78, 5) is 34.5. The van der Waals surface area contributed by atoms with Gasteiger partial charge in [0.1, 0.15) is 23.1 Å². The Morgan fingerprint density at radius 3 is 2.50 bits per heavy atom. The van der Waals surface area contributed by atoms with E-state index in [1.165, 1.54) is 0 Å². The maximum absolute atomic E-state index is 13.4. The summed E-state index contributed by atoms with van der Waals surface area (Å²) in [6.07, 6.45) is 4.49. The number of unbranched alkanes of at least 4 members (excludes halogenated alkanes) is 1. The highest BCUT2D eigenvalue weighted by Crippen LogP contribution is 2.35. The third-order valence-electron chi connectivity index (χ3n) is 8.60. The quantitative estimate of drug-likeness (QED) is 0.127. The van der Waals surface area contributed by atoms with Gasteiger partial charge in [0.05, 0.1) is 30.3 Å². The number of anilines is 3. The fourth-order valence-corrected chi connectivity index (χ4v) is 5.71. The van der Waals surface area contributed by atoms with Crippen molar-refractivity contribution in [3.8, 4) is 17.2 Å². The van der Waals surface area contributed by atoms with Gasteiger partial charge in [0, 0.05) is 62.3 Å². The summed E-state index contributed by atoms with van der Waals surface area (Å²) < 4.78 is 13.5. The van der Waals surface area contributed by atoms with Gasteiger partial charge in [-0.1, -0.05) is 55.3 Å². The largest absolute Gasteiger partial charge is 0.457 e. The maximum atomic E-state index is 13.4. The van der Waals surface area contributed by atoms with Gasteiger partial charge in [-0.25, -0.2) is 19.3 Å². The lowest BCUT2D eigenvalue weighted by Gasteiger charge is -2.28. The van der Waals surface area contributed by atoms with Crippen LogP contribution in [0.5, 0.6) is 11.5 Å². The van der Waals surface area contributed by atoms with E-state index < -0.39 is 0 Å². The molecule has 12 nitrogen and oxygen atoms in total. The smallest absolute Gasteiger partial charge is 0.324 e. The second-order valence-electron chi connectivity index (χ2n) is 12.4. The van der Waals surface area contributed by atoms with Gasteiger partial charge in [-0.2, -0.15) is 5.10 Å². The molecular weight excluding hydrogens is 632 g/mol. The number of hydrogen-bond donors (Lipinski definition) is 3. The van der Waals surface area contributed by atoms with Crippen molar-refractivity contribution in [1.82, 2.24) is 24.6 Å².